The fourth-order valence-corrected chi connectivity index (χ4v) is 19.5. The van der Waals surface area contributed by atoms with Crippen molar-refractivity contribution in [3.05, 3.63) is 190 Å². The molecule has 2 fully saturated rings. The molecule has 0 bridgehead atoms. The quantitative estimate of drug-likeness (QED) is 0.0371. The molecule has 2 atom stereocenters. The van der Waals surface area contributed by atoms with Crippen LogP contribution in [0, 0.1) is 23.3 Å². The molecule has 5 aliphatic rings. The zero-order chi connectivity index (χ0) is 80.1. The van der Waals surface area contributed by atoms with Crippen LogP contribution >= 0.6 is 11.6 Å². The third-order valence-electron chi connectivity index (χ3n) is 20.8. The lowest BCUT2D eigenvalue weighted by Crippen LogP contribution is -2.44. The predicted octanol–water partition coefficient (Wildman–Crippen LogP) is 12.2. The molecule has 600 valence electrons. The summed E-state index contributed by atoms with van der Waals surface area (Å²) in [6, 6.07) is 23.4. The first-order valence-electron chi connectivity index (χ1n) is 36.4. The van der Waals surface area contributed by atoms with Crippen molar-refractivity contribution in [1.82, 2.24) is 64.7 Å². The van der Waals surface area contributed by atoms with Crippen LogP contribution in [0.4, 0.5) is 17.6 Å². The average Bonchev–Trinajstić information content (AvgIpc) is 1.71. The minimum Gasteiger partial charge on any atom is -0.492 e. The molecule has 15 rings (SSSR count). The number of nitrogens with one attached hydrogen (secondary N) is 6. The Hall–Kier alpha value is -7.64. The van der Waals surface area contributed by atoms with Gasteiger partial charge in [0.1, 0.15) is 35.6 Å². The monoisotopic (exact) mass is 1650 g/mol. The molecule has 0 amide bonds. The Labute approximate surface area is 654 Å². The number of piperidine rings is 2. The Kier molecular flexibility index (Phi) is 26.9. The SMILES string of the molecule is C=S(C)(=O)N1CC=C(c2c[nH]c3cc(OCCN(C)C)ccc23)CC1.C=S(C)(=O)N1CCC(c2c[nH]c3cc(F)c(Cl)cc23)CC1.CN(C)S(=O)(=O)N1CC=C(c2c[nH]c3cc(F)ccc23)CC1.CN(C)S(=O)(=O)N1CCC(c2c[nH]c3cc(F)ccc23)CC1.CNS(=O)(=O)N1CC=C(c2c[nH]c3cc(F)ccc23)CC1. The van der Waals surface area contributed by atoms with Crippen molar-refractivity contribution < 1.29 is 56.0 Å². The summed E-state index contributed by atoms with van der Waals surface area (Å²) < 4.78 is 168. The summed E-state index contributed by atoms with van der Waals surface area (Å²) in [7, 11) is -2.68. The van der Waals surface area contributed by atoms with Crippen LogP contribution < -0.4 is 9.46 Å². The molecule has 5 aliphatic heterocycles. The van der Waals surface area contributed by atoms with E-state index in [-0.39, 0.29) is 22.5 Å². The molecule has 5 aromatic heterocycles. The van der Waals surface area contributed by atoms with E-state index in [9.17, 15) is 51.2 Å². The van der Waals surface area contributed by atoms with Crippen molar-refractivity contribution >= 4 is 145 Å². The summed E-state index contributed by atoms with van der Waals surface area (Å²) >= 11 is 5.90. The number of ether oxygens (including phenoxy) is 1. The third kappa shape index (κ3) is 20.1. The number of benzene rings is 5. The van der Waals surface area contributed by atoms with Gasteiger partial charge in [-0.3, -0.25) is 8.42 Å². The second kappa shape index (κ2) is 35.4. The number of nitrogens with zero attached hydrogens (tertiary/aromatic N) is 8. The molecule has 2 unspecified atom stereocenters. The number of halogens is 5. The minimum atomic E-state index is -3.38. The summed E-state index contributed by atoms with van der Waals surface area (Å²) in [4.78, 5) is 17.8. The number of hydrogen-bond donors (Lipinski definition) is 6. The molecule has 33 heteroatoms. The average molecular weight is 1650 g/mol. The van der Waals surface area contributed by atoms with Crippen molar-refractivity contribution in [2.45, 2.75) is 56.8 Å². The first kappa shape index (κ1) is 84.3. The summed E-state index contributed by atoms with van der Waals surface area (Å²) in [5.41, 5.74) is 13.2. The molecule has 23 nitrogen and oxygen atoms in total. The van der Waals surface area contributed by atoms with Crippen molar-refractivity contribution in [2.75, 3.05) is 140 Å². The van der Waals surface area contributed by atoms with Gasteiger partial charge in [-0.25, -0.2) is 30.9 Å². The van der Waals surface area contributed by atoms with E-state index < -0.39 is 55.9 Å². The van der Waals surface area contributed by atoms with Crippen LogP contribution in [0.15, 0.2) is 134 Å². The Morgan fingerprint density at radius 2 is 0.847 bits per heavy atom. The normalized spacial score (nSPS) is 18.3. The minimum absolute atomic E-state index is 0.148. The van der Waals surface area contributed by atoms with Gasteiger partial charge < -0.3 is 34.6 Å². The van der Waals surface area contributed by atoms with E-state index in [1.165, 1.54) is 107 Å². The molecule has 0 saturated carbocycles. The van der Waals surface area contributed by atoms with E-state index in [1.807, 2.05) is 65.7 Å². The first-order valence-corrected chi connectivity index (χ1v) is 45.2. The standard InChI is InChI=1S/C19H27N3O2S.C15H18ClFN2OS.C15H20FN3O2S.C15H18FN3O2S.C14H16FN3O2S/c1-21(2)11-12-24-16-5-6-17-18(14-20-19(17)13-16)15-7-9-22(10-8-15)25(3,4)23;1-21(2,20)19-5-3-10(4-6-19)12-9-18-15-8-14(17)13(16)7-11(12)15;2*1-18(2)22(20,21)19-7-5-11(6-8-19)14-10-17-15-9-12(16)3-4-13(14)15;1-16-21(19,20)18-6-4-10(5-7-18)13-9-17-14-8-11(15)2-3-12(13)14/h5-7,13-14,20H,3,8-12H2,1-2,4H3;7-10,18H,1,3-6H2,2H3;3-4,9-11,17H,5-8H2,1-2H3;3-5,9-10,17H,6-8H2,1-2H3;2-4,8-9,16-17H,5-7H2,1H3. The zero-order valence-corrected chi connectivity index (χ0v) is 68.7. The molecule has 10 aromatic rings. The Morgan fingerprint density at radius 1 is 0.468 bits per heavy atom. The van der Waals surface area contributed by atoms with Crippen LogP contribution in [0.5, 0.6) is 5.75 Å². The number of H-pyrrole nitrogens is 5. The molecule has 111 heavy (non-hydrogen) atoms. The van der Waals surface area contributed by atoms with E-state index in [2.05, 4.69) is 70.7 Å². The number of aromatic amines is 5. The number of fused-ring (bicyclic) bond motifs is 5. The van der Waals surface area contributed by atoms with Gasteiger partial charge in [0, 0.05) is 247 Å². The van der Waals surface area contributed by atoms with Crippen molar-refractivity contribution in [3.63, 3.8) is 0 Å². The lowest BCUT2D eigenvalue weighted by molar-refractivity contribution is 0.261. The zero-order valence-electron chi connectivity index (χ0n) is 63.9. The van der Waals surface area contributed by atoms with Crippen LogP contribution in [-0.2, 0) is 50.0 Å². The highest BCUT2D eigenvalue weighted by Gasteiger charge is 2.33. The fourth-order valence-electron chi connectivity index (χ4n) is 14.5. The Balaban J connectivity index is 0.000000138. The molecular formula is C78H99ClF4N14O9S5. The van der Waals surface area contributed by atoms with Crippen LogP contribution in [0.2, 0.25) is 5.02 Å². The van der Waals surface area contributed by atoms with Crippen molar-refractivity contribution in [1.29, 1.82) is 0 Å². The maximum atomic E-state index is 13.5. The van der Waals surface area contributed by atoms with E-state index in [1.54, 1.807) is 50.9 Å². The van der Waals surface area contributed by atoms with E-state index in [0.29, 0.717) is 77.1 Å². The van der Waals surface area contributed by atoms with Crippen LogP contribution in [-0.4, -0.2) is 246 Å². The molecular weight excluding hydrogens is 1550 g/mol. The first-order chi connectivity index (χ1) is 52.5. The second-order valence-corrected chi connectivity index (χ2v) is 40.4. The summed E-state index contributed by atoms with van der Waals surface area (Å²) in [5.74, 6) is 7.86. The van der Waals surface area contributed by atoms with E-state index in [4.69, 9.17) is 16.3 Å². The van der Waals surface area contributed by atoms with Gasteiger partial charge in [-0.2, -0.15) is 46.8 Å². The highest BCUT2D eigenvalue weighted by atomic mass is 35.5. The second-order valence-electron chi connectivity index (χ2n) is 29.0. The number of aromatic nitrogens is 5. The number of rotatable bonds is 17. The summed E-state index contributed by atoms with van der Waals surface area (Å²) in [6.07, 6.45) is 24.5. The molecule has 0 spiro atoms. The summed E-state index contributed by atoms with van der Waals surface area (Å²) in [5, 5.41) is 5.26. The van der Waals surface area contributed by atoms with Gasteiger partial charge in [-0.05, 0) is 189 Å². The van der Waals surface area contributed by atoms with Gasteiger partial charge in [0.05, 0.1) is 5.02 Å². The molecule has 2 saturated heterocycles. The van der Waals surface area contributed by atoms with E-state index in [0.717, 1.165) is 141 Å². The summed E-state index contributed by atoms with van der Waals surface area (Å²) in [6.45, 7) is 7.17. The van der Waals surface area contributed by atoms with Gasteiger partial charge in [0.25, 0.3) is 30.6 Å². The van der Waals surface area contributed by atoms with Crippen LogP contribution in [0.3, 0.4) is 0 Å². The lowest BCUT2D eigenvalue weighted by atomic mass is 9.90. The van der Waals surface area contributed by atoms with Crippen molar-refractivity contribution in [3.8, 4) is 5.75 Å². The van der Waals surface area contributed by atoms with Crippen LogP contribution in [0.1, 0.15) is 84.6 Å². The maximum Gasteiger partial charge on any atom is 0.281 e. The van der Waals surface area contributed by atoms with Gasteiger partial charge in [0.15, 0.2) is 0 Å². The van der Waals surface area contributed by atoms with E-state index >= 15 is 0 Å². The lowest BCUT2D eigenvalue weighted by Gasteiger charge is -2.32. The molecule has 0 aliphatic carbocycles. The van der Waals surface area contributed by atoms with Gasteiger partial charge in [-0.15, -0.1) is 0 Å². The Bertz CT molecular complexity index is 5700. The number of hydrogen-bond acceptors (Lipinski definition) is 10. The molecule has 5 aromatic carbocycles. The smallest absolute Gasteiger partial charge is 0.281 e. The molecule has 6 N–H and O–H groups in total. The van der Waals surface area contributed by atoms with Gasteiger partial charge >= 0.3 is 0 Å². The Morgan fingerprint density at radius 3 is 1.27 bits per heavy atom. The highest BCUT2D eigenvalue weighted by molar-refractivity contribution is 7.97. The highest BCUT2D eigenvalue weighted by Crippen LogP contribution is 2.39. The molecule has 0 radical (unpaired) electrons. The third-order valence-corrected chi connectivity index (χ3v) is 29.3. The largest absolute Gasteiger partial charge is 0.492 e. The molecule has 10 heterocycles. The van der Waals surface area contributed by atoms with Gasteiger partial charge in [-0.1, -0.05) is 29.8 Å². The number of likely N-dealkylation sites (N-methyl/N-ethyl adjacent to an activating group) is 1. The van der Waals surface area contributed by atoms with Crippen LogP contribution in [0.25, 0.3) is 71.2 Å². The van der Waals surface area contributed by atoms with Gasteiger partial charge in [0.2, 0.25) is 0 Å². The maximum absolute atomic E-state index is 13.5. The fraction of sp³-hybridized carbons (Fsp3) is 0.385. The topological polar surface area (TPSA) is 263 Å². The predicted molar refractivity (Wildman–Crippen MR) is 446 cm³/mol. The van der Waals surface area contributed by atoms with Crippen molar-refractivity contribution in [2.24, 2.45) is 0 Å².